The number of ether oxygens (including phenoxy) is 3. The molecule has 1 atom stereocenters. The molecule has 0 aromatic rings. The molecule has 0 bridgehead atoms. The SMILES string of the molecule is CC/C=C\C/C=C\C/C=C\C/C=C\C/C=C\C/C=C\CCC(=O)OCC(COC(=O)CCCCCCCCC/C=C\CCCCCC)OC(=O)CCC/C=C\C/C=C\C/C=C\C/C=C\CCCCC. The molecule has 6 heteroatoms. The fourth-order valence-electron chi connectivity index (χ4n) is 6.98. The molecule has 0 rings (SSSR count). The first-order chi connectivity index (χ1) is 34.0. The van der Waals surface area contributed by atoms with Crippen LogP contribution in [0.5, 0.6) is 0 Å². The molecular weight excluding hydrogens is 853 g/mol. The molecule has 0 fully saturated rings. The van der Waals surface area contributed by atoms with Crippen molar-refractivity contribution in [3.05, 3.63) is 134 Å². The first kappa shape index (κ1) is 64.5. The van der Waals surface area contributed by atoms with Gasteiger partial charge in [0.2, 0.25) is 0 Å². The van der Waals surface area contributed by atoms with Crippen molar-refractivity contribution >= 4 is 17.9 Å². The fraction of sp³-hybridized carbons (Fsp3) is 0.603. The van der Waals surface area contributed by atoms with Crippen molar-refractivity contribution in [3.63, 3.8) is 0 Å². The highest BCUT2D eigenvalue weighted by molar-refractivity contribution is 5.71. The molecule has 0 amide bonds. The highest BCUT2D eigenvalue weighted by Gasteiger charge is 2.19. The van der Waals surface area contributed by atoms with Crippen LogP contribution in [0.25, 0.3) is 0 Å². The number of hydrogen-bond acceptors (Lipinski definition) is 6. The topological polar surface area (TPSA) is 78.9 Å². The second kappa shape index (κ2) is 56.1. The number of unbranched alkanes of at least 4 members (excludes halogenated alkanes) is 15. The third-order valence-electron chi connectivity index (χ3n) is 11.1. The van der Waals surface area contributed by atoms with Gasteiger partial charge in [0.25, 0.3) is 0 Å². The predicted octanol–water partition coefficient (Wildman–Crippen LogP) is 18.6. The van der Waals surface area contributed by atoms with E-state index in [1.165, 1.54) is 89.9 Å². The van der Waals surface area contributed by atoms with E-state index in [1.54, 1.807) is 0 Å². The number of rotatable bonds is 48. The lowest BCUT2D eigenvalue weighted by Crippen LogP contribution is -2.30. The number of carbonyl (C=O) groups excluding carboxylic acids is 3. The van der Waals surface area contributed by atoms with Crippen LogP contribution >= 0.6 is 0 Å². The van der Waals surface area contributed by atoms with Crippen LogP contribution in [0, 0.1) is 0 Å². The molecule has 1 unspecified atom stereocenters. The molecular formula is C63H100O6. The lowest BCUT2D eigenvalue weighted by Gasteiger charge is -2.18. The van der Waals surface area contributed by atoms with E-state index in [9.17, 15) is 14.4 Å². The first-order valence-electron chi connectivity index (χ1n) is 27.7. The maximum atomic E-state index is 12.8. The Kier molecular flexibility index (Phi) is 52.5. The van der Waals surface area contributed by atoms with Crippen LogP contribution in [0.3, 0.4) is 0 Å². The quantitative estimate of drug-likeness (QED) is 0.0262. The van der Waals surface area contributed by atoms with Gasteiger partial charge in [0.05, 0.1) is 0 Å². The molecule has 0 radical (unpaired) electrons. The number of carbonyl (C=O) groups is 3. The zero-order valence-electron chi connectivity index (χ0n) is 44.3. The number of hydrogen-bond donors (Lipinski definition) is 0. The molecule has 0 saturated heterocycles. The van der Waals surface area contributed by atoms with Gasteiger partial charge in [0.1, 0.15) is 13.2 Å². The van der Waals surface area contributed by atoms with Crippen molar-refractivity contribution < 1.29 is 28.6 Å². The van der Waals surface area contributed by atoms with Gasteiger partial charge in [-0.05, 0) is 122 Å². The Morgan fingerprint density at radius 2 is 0.609 bits per heavy atom. The van der Waals surface area contributed by atoms with E-state index in [4.69, 9.17) is 14.2 Å². The highest BCUT2D eigenvalue weighted by Crippen LogP contribution is 2.12. The van der Waals surface area contributed by atoms with E-state index in [1.807, 2.05) is 12.2 Å². The van der Waals surface area contributed by atoms with Gasteiger partial charge < -0.3 is 14.2 Å². The van der Waals surface area contributed by atoms with Crippen LogP contribution in [0.1, 0.15) is 226 Å². The van der Waals surface area contributed by atoms with Gasteiger partial charge in [0, 0.05) is 19.3 Å². The van der Waals surface area contributed by atoms with Crippen molar-refractivity contribution in [1.29, 1.82) is 0 Å². The second-order valence-electron chi connectivity index (χ2n) is 17.7. The summed E-state index contributed by atoms with van der Waals surface area (Å²) in [5, 5.41) is 0. The normalized spacial score (nSPS) is 13.1. The Hall–Kier alpha value is -4.45. The van der Waals surface area contributed by atoms with Gasteiger partial charge in [0.15, 0.2) is 6.10 Å². The molecule has 0 spiro atoms. The number of esters is 3. The minimum absolute atomic E-state index is 0.130. The molecule has 0 aliphatic carbocycles. The Bertz CT molecular complexity index is 1510. The Labute approximate surface area is 424 Å². The summed E-state index contributed by atoms with van der Waals surface area (Å²) in [6.45, 7) is 6.36. The highest BCUT2D eigenvalue weighted by atomic mass is 16.6. The standard InChI is InChI=1S/C63H100O6/c1-4-7-10-13-16-19-22-25-28-30-31-33-35-38-41-44-47-50-53-56-62(65)68-59-60(58-67-61(64)55-52-49-46-43-40-37-34-27-24-21-18-15-12-9-6-3)69-63(66)57-54-51-48-45-42-39-36-32-29-26-23-20-17-14-11-8-5-2/h7,10,16-17,19-21,24-26,28-29,31,33,36,38-39,41,45,47-48,50,60H,4-6,8-9,11-15,18,22-23,27,30,32,34-35,37,40,42-44,46,49,51-59H2,1-3H3/b10-7-,19-16-,20-17-,24-21-,28-25-,29-26-,33-31-,39-36-,41-38-,48-45-,50-47-. The Balaban J connectivity index is 4.62. The predicted molar refractivity (Wildman–Crippen MR) is 297 cm³/mol. The molecule has 69 heavy (non-hydrogen) atoms. The van der Waals surface area contributed by atoms with Crippen LogP contribution in [0.4, 0.5) is 0 Å². The van der Waals surface area contributed by atoms with E-state index in [0.29, 0.717) is 19.3 Å². The lowest BCUT2D eigenvalue weighted by molar-refractivity contribution is -0.166. The molecule has 0 aromatic heterocycles. The molecule has 0 aliphatic rings. The number of allylic oxidation sites excluding steroid dienone is 22. The lowest BCUT2D eigenvalue weighted by atomic mass is 10.1. The molecule has 6 nitrogen and oxygen atoms in total. The van der Waals surface area contributed by atoms with Gasteiger partial charge in [-0.15, -0.1) is 0 Å². The zero-order valence-corrected chi connectivity index (χ0v) is 44.3. The summed E-state index contributed by atoms with van der Waals surface area (Å²) in [6.07, 6.45) is 78.8. The van der Waals surface area contributed by atoms with Crippen molar-refractivity contribution in [2.24, 2.45) is 0 Å². The van der Waals surface area contributed by atoms with Crippen molar-refractivity contribution in [2.45, 2.75) is 232 Å². The van der Waals surface area contributed by atoms with Crippen molar-refractivity contribution in [2.75, 3.05) is 13.2 Å². The van der Waals surface area contributed by atoms with Crippen LogP contribution in [0.15, 0.2) is 134 Å². The van der Waals surface area contributed by atoms with Gasteiger partial charge in [-0.2, -0.15) is 0 Å². The van der Waals surface area contributed by atoms with Gasteiger partial charge >= 0.3 is 17.9 Å². The third kappa shape index (κ3) is 54.4. The minimum Gasteiger partial charge on any atom is -0.462 e. The summed E-state index contributed by atoms with van der Waals surface area (Å²) in [7, 11) is 0. The summed E-state index contributed by atoms with van der Waals surface area (Å²) < 4.78 is 16.7. The average molecular weight is 953 g/mol. The Morgan fingerprint density at radius 3 is 1.06 bits per heavy atom. The van der Waals surface area contributed by atoms with Crippen LogP contribution in [-0.2, 0) is 28.6 Å². The smallest absolute Gasteiger partial charge is 0.306 e. The van der Waals surface area contributed by atoms with Crippen LogP contribution < -0.4 is 0 Å². The van der Waals surface area contributed by atoms with Crippen LogP contribution in [0.2, 0.25) is 0 Å². The van der Waals surface area contributed by atoms with E-state index in [2.05, 4.69) is 142 Å². The molecule has 388 valence electrons. The van der Waals surface area contributed by atoms with Crippen molar-refractivity contribution in [1.82, 2.24) is 0 Å². The molecule has 0 aliphatic heterocycles. The summed E-state index contributed by atoms with van der Waals surface area (Å²) in [5.41, 5.74) is 0. The summed E-state index contributed by atoms with van der Waals surface area (Å²) >= 11 is 0. The second-order valence-corrected chi connectivity index (χ2v) is 17.7. The summed E-state index contributed by atoms with van der Waals surface area (Å²) in [6, 6.07) is 0. The van der Waals surface area contributed by atoms with E-state index < -0.39 is 6.10 Å². The van der Waals surface area contributed by atoms with E-state index in [-0.39, 0.29) is 44.0 Å². The fourth-order valence-corrected chi connectivity index (χ4v) is 6.98. The minimum atomic E-state index is -0.844. The van der Waals surface area contributed by atoms with Gasteiger partial charge in [-0.3, -0.25) is 14.4 Å². The third-order valence-corrected chi connectivity index (χ3v) is 11.1. The largest absolute Gasteiger partial charge is 0.462 e. The summed E-state index contributed by atoms with van der Waals surface area (Å²) in [5.74, 6) is -1.09. The molecule has 0 aromatic carbocycles. The maximum absolute atomic E-state index is 12.8. The van der Waals surface area contributed by atoms with Crippen molar-refractivity contribution in [3.8, 4) is 0 Å². The molecule has 0 heterocycles. The maximum Gasteiger partial charge on any atom is 0.306 e. The Morgan fingerprint density at radius 1 is 0.304 bits per heavy atom. The molecule has 0 N–H and O–H groups in total. The zero-order chi connectivity index (χ0) is 50.0. The van der Waals surface area contributed by atoms with E-state index in [0.717, 1.165) is 83.5 Å². The summed E-state index contributed by atoms with van der Waals surface area (Å²) in [4.78, 5) is 38.1. The van der Waals surface area contributed by atoms with Gasteiger partial charge in [-0.1, -0.05) is 219 Å². The van der Waals surface area contributed by atoms with Crippen LogP contribution in [-0.4, -0.2) is 37.2 Å². The monoisotopic (exact) mass is 953 g/mol. The van der Waals surface area contributed by atoms with E-state index >= 15 is 0 Å². The molecule has 0 saturated carbocycles. The average Bonchev–Trinajstić information content (AvgIpc) is 3.35. The first-order valence-corrected chi connectivity index (χ1v) is 27.7. The van der Waals surface area contributed by atoms with Gasteiger partial charge in [-0.25, -0.2) is 0 Å².